The van der Waals surface area contributed by atoms with Gasteiger partial charge in [0.1, 0.15) is 4.34 Å². The zero-order valence-electron chi connectivity index (χ0n) is 6.27. The summed E-state index contributed by atoms with van der Waals surface area (Å²) < 4.78 is 6.29. The van der Waals surface area contributed by atoms with Gasteiger partial charge in [-0.25, -0.2) is 4.79 Å². The van der Waals surface area contributed by atoms with Crippen LogP contribution in [0.1, 0.15) is 17.3 Å². The third kappa shape index (κ3) is 2.34. The highest BCUT2D eigenvalue weighted by atomic mass is 127. The molecule has 0 N–H and O–H groups in total. The van der Waals surface area contributed by atoms with Crippen molar-refractivity contribution in [2.75, 3.05) is 6.61 Å². The molecule has 0 saturated carbocycles. The number of carbonyl (C=O) groups is 1. The summed E-state index contributed by atoms with van der Waals surface area (Å²) in [4.78, 5) is 11.2. The molecule has 0 aliphatic rings. The molecule has 0 bridgehead atoms. The number of esters is 1. The second-order valence-corrected chi connectivity index (χ2v) is 5.51. The van der Waals surface area contributed by atoms with E-state index < -0.39 is 0 Å². The predicted molar refractivity (Wildman–Crippen MR) is 58.0 cm³/mol. The molecule has 1 heterocycles. The minimum absolute atomic E-state index is 0.346. The maximum atomic E-state index is 11.2. The lowest BCUT2D eigenvalue weighted by Crippen LogP contribution is -2.03. The molecule has 2 nitrogen and oxygen atoms in total. The minimum atomic E-state index is -0.346. The fourth-order valence-electron chi connectivity index (χ4n) is 0.688. The van der Waals surface area contributed by atoms with E-state index in [0.717, 1.165) is 2.88 Å². The van der Waals surface area contributed by atoms with Crippen LogP contribution >= 0.6 is 45.5 Å². The zero-order chi connectivity index (χ0) is 9.14. The third-order valence-electron chi connectivity index (χ3n) is 1.15. The fourth-order valence-corrected chi connectivity index (χ4v) is 3.03. The standard InChI is InChI=1S/C7H6ClIO2S/c1-2-11-7(10)4-3-5(9)12-6(4)8/h3H,2H2,1H3. The first-order valence-electron chi connectivity index (χ1n) is 3.27. The van der Waals surface area contributed by atoms with Gasteiger partial charge < -0.3 is 4.74 Å². The van der Waals surface area contributed by atoms with Crippen LogP contribution in [0.15, 0.2) is 6.07 Å². The van der Waals surface area contributed by atoms with Gasteiger partial charge in [-0.3, -0.25) is 0 Å². The van der Waals surface area contributed by atoms with Crippen LogP contribution in [0.4, 0.5) is 0 Å². The summed E-state index contributed by atoms with van der Waals surface area (Å²) in [5.74, 6) is -0.346. The minimum Gasteiger partial charge on any atom is -0.462 e. The summed E-state index contributed by atoms with van der Waals surface area (Å²) in [6.07, 6.45) is 0. The Kier molecular flexibility index (Phi) is 3.79. The molecule has 12 heavy (non-hydrogen) atoms. The molecule has 0 radical (unpaired) electrons. The third-order valence-corrected chi connectivity index (χ3v) is 3.27. The quantitative estimate of drug-likeness (QED) is 0.619. The van der Waals surface area contributed by atoms with E-state index in [1.807, 2.05) is 0 Å². The van der Waals surface area contributed by atoms with Gasteiger partial charge in [0.2, 0.25) is 0 Å². The molecule has 0 aromatic carbocycles. The first-order valence-corrected chi connectivity index (χ1v) is 5.54. The first-order chi connectivity index (χ1) is 5.65. The normalized spacial score (nSPS) is 9.92. The number of halogens is 2. The second kappa shape index (κ2) is 4.43. The molecule has 0 aliphatic heterocycles. The highest BCUT2D eigenvalue weighted by Crippen LogP contribution is 2.28. The first kappa shape index (κ1) is 10.3. The molecule has 1 aromatic rings. The summed E-state index contributed by atoms with van der Waals surface area (Å²) in [5.41, 5.74) is 0.466. The Bertz CT molecular complexity index is 298. The Morgan fingerprint density at radius 1 is 1.83 bits per heavy atom. The van der Waals surface area contributed by atoms with Gasteiger partial charge in [-0.1, -0.05) is 11.6 Å². The van der Waals surface area contributed by atoms with Crippen molar-refractivity contribution in [3.63, 3.8) is 0 Å². The molecule has 0 saturated heterocycles. The smallest absolute Gasteiger partial charge is 0.340 e. The van der Waals surface area contributed by atoms with Gasteiger partial charge in [0.15, 0.2) is 0 Å². The Morgan fingerprint density at radius 3 is 2.92 bits per heavy atom. The topological polar surface area (TPSA) is 26.3 Å². The van der Waals surface area contributed by atoms with Crippen molar-refractivity contribution in [3.8, 4) is 0 Å². The summed E-state index contributed by atoms with van der Waals surface area (Å²) in [6, 6.07) is 1.73. The van der Waals surface area contributed by atoms with Crippen LogP contribution in [0, 0.1) is 2.88 Å². The molecule has 66 valence electrons. The van der Waals surface area contributed by atoms with Crippen LogP contribution in [-0.4, -0.2) is 12.6 Å². The maximum Gasteiger partial charge on any atom is 0.340 e. The number of carbonyl (C=O) groups excluding carboxylic acids is 1. The van der Waals surface area contributed by atoms with Gasteiger partial charge in [-0.15, -0.1) is 11.3 Å². The molecule has 0 fully saturated rings. The molecule has 0 aliphatic carbocycles. The van der Waals surface area contributed by atoms with E-state index in [4.69, 9.17) is 16.3 Å². The van der Waals surface area contributed by atoms with Crippen molar-refractivity contribution >= 4 is 51.5 Å². The summed E-state index contributed by atoms with van der Waals surface area (Å²) in [7, 11) is 0. The van der Waals surface area contributed by atoms with E-state index in [-0.39, 0.29) is 5.97 Å². The second-order valence-electron chi connectivity index (χ2n) is 1.96. The lowest BCUT2D eigenvalue weighted by Gasteiger charge is -1.97. The van der Waals surface area contributed by atoms with Crippen LogP contribution in [0.5, 0.6) is 0 Å². The largest absolute Gasteiger partial charge is 0.462 e. The van der Waals surface area contributed by atoms with E-state index >= 15 is 0 Å². The summed E-state index contributed by atoms with van der Waals surface area (Å²) >= 11 is 9.28. The molecule has 5 heteroatoms. The van der Waals surface area contributed by atoms with Gasteiger partial charge >= 0.3 is 5.97 Å². The fraction of sp³-hybridized carbons (Fsp3) is 0.286. The predicted octanol–water partition coefficient (Wildman–Crippen LogP) is 3.18. The highest BCUT2D eigenvalue weighted by Gasteiger charge is 2.14. The molecule has 1 rings (SSSR count). The van der Waals surface area contributed by atoms with E-state index in [0.29, 0.717) is 16.5 Å². The Hall–Kier alpha value is 0.190. The Balaban J connectivity index is 2.87. The molecule has 0 atom stereocenters. The average molecular weight is 317 g/mol. The SMILES string of the molecule is CCOC(=O)c1cc(I)sc1Cl. The Labute approximate surface area is 93.0 Å². The van der Waals surface area contributed by atoms with E-state index in [1.54, 1.807) is 13.0 Å². The van der Waals surface area contributed by atoms with Crippen molar-refractivity contribution in [2.45, 2.75) is 6.92 Å². The number of thiophene rings is 1. The molecular weight excluding hydrogens is 310 g/mol. The number of hydrogen-bond donors (Lipinski definition) is 0. The van der Waals surface area contributed by atoms with Gasteiger partial charge in [-0.05, 0) is 35.6 Å². The molecular formula is C7H6ClIO2S. The summed E-state index contributed by atoms with van der Waals surface area (Å²) in [5, 5.41) is 0. The van der Waals surface area contributed by atoms with Crippen molar-refractivity contribution in [1.82, 2.24) is 0 Å². The highest BCUT2D eigenvalue weighted by molar-refractivity contribution is 14.1. The van der Waals surface area contributed by atoms with Crippen molar-refractivity contribution in [2.24, 2.45) is 0 Å². The lowest BCUT2D eigenvalue weighted by molar-refractivity contribution is 0.0527. The van der Waals surface area contributed by atoms with Gasteiger partial charge in [0, 0.05) is 0 Å². The van der Waals surface area contributed by atoms with Crippen LogP contribution in [0.3, 0.4) is 0 Å². The van der Waals surface area contributed by atoms with Crippen molar-refractivity contribution < 1.29 is 9.53 Å². The van der Waals surface area contributed by atoms with Crippen molar-refractivity contribution in [1.29, 1.82) is 0 Å². The maximum absolute atomic E-state index is 11.2. The van der Waals surface area contributed by atoms with Crippen LogP contribution in [0.2, 0.25) is 4.34 Å². The number of ether oxygens (including phenoxy) is 1. The van der Waals surface area contributed by atoms with Crippen LogP contribution in [-0.2, 0) is 4.74 Å². The average Bonchev–Trinajstić information content (AvgIpc) is 2.30. The molecule has 0 spiro atoms. The monoisotopic (exact) mass is 316 g/mol. The molecule has 0 amide bonds. The molecule has 0 unspecified atom stereocenters. The van der Waals surface area contributed by atoms with Gasteiger partial charge in [-0.2, -0.15) is 0 Å². The summed E-state index contributed by atoms with van der Waals surface area (Å²) in [6.45, 7) is 2.14. The van der Waals surface area contributed by atoms with Crippen LogP contribution < -0.4 is 0 Å². The number of hydrogen-bond acceptors (Lipinski definition) is 3. The number of rotatable bonds is 2. The van der Waals surface area contributed by atoms with E-state index in [2.05, 4.69) is 22.6 Å². The van der Waals surface area contributed by atoms with E-state index in [1.165, 1.54) is 11.3 Å². The van der Waals surface area contributed by atoms with Crippen LogP contribution in [0.25, 0.3) is 0 Å². The van der Waals surface area contributed by atoms with Gasteiger partial charge in [0.25, 0.3) is 0 Å². The van der Waals surface area contributed by atoms with Gasteiger partial charge in [0.05, 0.1) is 15.1 Å². The zero-order valence-corrected chi connectivity index (χ0v) is 10.00. The molecule has 1 aromatic heterocycles. The van der Waals surface area contributed by atoms with Crippen molar-refractivity contribution in [3.05, 3.63) is 18.9 Å². The van der Waals surface area contributed by atoms with E-state index in [9.17, 15) is 4.79 Å². The lowest BCUT2D eigenvalue weighted by atomic mass is 10.3. The Morgan fingerprint density at radius 2 is 2.50 bits per heavy atom.